The highest BCUT2D eigenvalue weighted by Crippen LogP contribution is 2.16. The Morgan fingerprint density at radius 1 is 0.839 bits per heavy atom. The molecular formula is C26H30N2O3. The molecule has 0 bridgehead atoms. The molecule has 3 aromatic rings. The first-order valence-corrected chi connectivity index (χ1v) is 10.6. The molecule has 0 spiro atoms. The van der Waals surface area contributed by atoms with Gasteiger partial charge in [-0.1, -0.05) is 42.5 Å². The molecule has 0 aliphatic heterocycles. The maximum absolute atomic E-state index is 12.1. The van der Waals surface area contributed by atoms with Gasteiger partial charge < -0.3 is 20.1 Å². The molecule has 5 nitrogen and oxygen atoms in total. The van der Waals surface area contributed by atoms with Crippen LogP contribution in [0.3, 0.4) is 0 Å². The van der Waals surface area contributed by atoms with Gasteiger partial charge in [0, 0.05) is 18.7 Å². The number of amides is 1. The largest absolute Gasteiger partial charge is 0.493 e. The number of rotatable bonds is 11. The quantitative estimate of drug-likeness (QED) is 0.469. The van der Waals surface area contributed by atoms with Crippen molar-refractivity contribution in [1.82, 2.24) is 5.32 Å². The van der Waals surface area contributed by atoms with Gasteiger partial charge in [0.25, 0.3) is 0 Å². The van der Waals surface area contributed by atoms with Crippen LogP contribution in [0, 0.1) is 0 Å². The molecule has 0 saturated carbocycles. The Morgan fingerprint density at radius 2 is 1.52 bits per heavy atom. The van der Waals surface area contributed by atoms with Crippen LogP contribution in [0.5, 0.6) is 11.5 Å². The summed E-state index contributed by atoms with van der Waals surface area (Å²) < 4.78 is 11.4. The molecule has 0 radical (unpaired) electrons. The number of hydrogen-bond donors (Lipinski definition) is 2. The third-order valence-corrected chi connectivity index (χ3v) is 4.59. The van der Waals surface area contributed by atoms with E-state index in [9.17, 15) is 4.79 Å². The van der Waals surface area contributed by atoms with Crippen LogP contribution in [-0.4, -0.2) is 25.2 Å². The van der Waals surface area contributed by atoms with E-state index in [1.807, 2.05) is 80.6 Å². The van der Waals surface area contributed by atoms with Gasteiger partial charge in [-0.25, -0.2) is 0 Å². The van der Waals surface area contributed by atoms with E-state index in [0.717, 1.165) is 29.2 Å². The molecule has 3 aromatic carbocycles. The Labute approximate surface area is 184 Å². The standard InChI is InChI=1S/C26H30N2O3/c1-20(2)31-25-12-8-22(9-13-25)18-28-26(29)19-27-23-10-14-24(15-11-23)30-17-16-21-6-4-3-5-7-21/h3-15,20,27H,16-19H2,1-2H3,(H,28,29). The van der Waals surface area contributed by atoms with E-state index in [1.54, 1.807) is 0 Å². The van der Waals surface area contributed by atoms with Gasteiger partial charge in [-0.2, -0.15) is 0 Å². The van der Waals surface area contributed by atoms with E-state index in [4.69, 9.17) is 9.47 Å². The van der Waals surface area contributed by atoms with Crippen LogP contribution in [0.2, 0.25) is 0 Å². The summed E-state index contributed by atoms with van der Waals surface area (Å²) in [4.78, 5) is 12.1. The minimum atomic E-state index is -0.0642. The van der Waals surface area contributed by atoms with Crippen molar-refractivity contribution in [2.75, 3.05) is 18.5 Å². The van der Waals surface area contributed by atoms with Crippen molar-refractivity contribution in [3.05, 3.63) is 90.0 Å². The summed E-state index contributed by atoms with van der Waals surface area (Å²) >= 11 is 0. The predicted octanol–water partition coefficient (Wildman–Crippen LogP) is 4.82. The molecule has 0 aliphatic carbocycles. The summed E-state index contributed by atoms with van der Waals surface area (Å²) in [5, 5.41) is 6.05. The van der Waals surface area contributed by atoms with Gasteiger partial charge in [-0.15, -0.1) is 0 Å². The van der Waals surface area contributed by atoms with Crippen LogP contribution in [0.25, 0.3) is 0 Å². The normalized spacial score (nSPS) is 10.5. The molecule has 5 heteroatoms. The molecule has 0 aliphatic rings. The Bertz CT molecular complexity index is 923. The molecule has 1 amide bonds. The number of hydrogen-bond acceptors (Lipinski definition) is 4. The van der Waals surface area contributed by atoms with E-state index in [-0.39, 0.29) is 18.6 Å². The summed E-state index contributed by atoms with van der Waals surface area (Å²) in [7, 11) is 0. The molecule has 0 aromatic heterocycles. The molecule has 0 unspecified atom stereocenters. The number of carbonyl (C=O) groups excluding carboxylic acids is 1. The fourth-order valence-electron chi connectivity index (χ4n) is 3.00. The smallest absolute Gasteiger partial charge is 0.239 e. The maximum Gasteiger partial charge on any atom is 0.239 e. The first-order valence-electron chi connectivity index (χ1n) is 10.6. The van der Waals surface area contributed by atoms with Crippen molar-refractivity contribution < 1.29 is 14.3 Å². The van der Waals surface area contributed by atoms with Gasteiger partial charge >= 0.3 is 0 Å². The van der Waals surface area contributed by atoms with Crippen LogP contribution >= 0.6 is 0 Å². The molecule has 0 fully saturated rings. The number of anilines is 1. The van der Waals surface area contributed by atoms with Gasteiger partial charge in [0.15, 0.2) is 0 Å². The molecule has 0 atom stereocenters. The summed E-state index contributed by atoms with van der Waals surface area (Å²) in [6.45, 7) is 5.31. The topological polar surface area (TPSA) is 59.6 Å². The lowest BCUT2D eigenvalue weighted by molar-refractivity contribution is -0.119. The summed E-state index contributed by atoms with van der Waals surface area (Å²) in [5.74, 6) is 1.58. The molecule has 31 heavy (non-hydrogen) atoms. The fraction of sp³-hybridized carbons (Fsp3) is 0.269. The zero-order valence-corrected chi connectivity index (χ0v) is 18.1. The molecule has 2 N–H and O–H groups in total. The molecular weight excluding hydrogens is 388 g/mol. The van der Waals surface area contributed by atoms with Gasteiger partial charge in [-0.3, -0.25) is 4.79 Å². The van der Waals surface area contributed by atoms with Crippen LogP contribution < -0.4 is 20.1 Å². The van der Waals surface area contributed by atoms with Crippen molar-refractivity contribution in [3.63, 3.8) is 0 Å². The molecule has 3 rings (SSSR count). The van der Waals surface area contributed by atoms with E-state index < -0.39 is 0 Å². The summed E-state index contributed by atoms with van der Waals surface area (Å²) in [6, 6.07) is 25.7. The monoisotopic (exact) mass is 418 g/mol. The van der Waals surface area contributed by atoms with E-state index in [2.05, 4.69) is 22.8 Å². The second-order valence-electron chi connectivity index (χ2n) is 7.55. The van der Waals surface area contributed by atoms with Crippen LogP contribution in [0.1, 0.15) is 25.0 Å². The fourth-order valence-corrected chi connectivity index (χ4v) is 3.00. The van der Waals surface area contributed by atoms with Crippen molar-refractivity contribution in [2.45, 2.75) is 32.9 Å². The van der Waals surface area contributed by atoms with Gasteiger partial charge in [-0.05, 0) is 61.4 Å². The zero-order valence-electron chi connectivity index (χ0n) is 18.1. The van der Waals surface area contributed by atoms with E-state index in [1.165, 1.54) is 5.56 Å². The lowest BCUT2D eigenvalue weighted by Crippen LogP contribution is -2.29. The van der Waals surface area contributed by atoms with E-state index >= 15 is 0 Å². The van der Waals surface area contributed by atoms with Crippen LogP contribution in [-0.2, 0) is 17.8 Å². The number of nitrogens with one attached hydrogen (secondary N) is 2. The summed E-state index contributed by atoms with van der Waals surface area (Å²) in [5.41, 5.74) is 3.16. The Hall–Kier alpha value is -3.47. The lowest BCUT2D eigenvalue weighted by atomic mass is 10.2. The second kappa shape index (κ2) is 11.6. The average molecular weight is 419 g/mol. The highest BCUT2D eigenvalue weighted by Gasteiger charge is 2.03. The first kappa shape index (κ1) is 22.2. The average Bonchev–Trinajstić information content (AvgIpc) is 2.78. The van der Waals surface area contributed by atoms with Crippen molar-refractivity contribution in [2.24, 2.45) is 0 Å². The highest BCUT2D eigenvalue weighted by atomic mass is 16.5. The second-order valence-corrected chi connectivity index (χ2v) is 7.55. The third kappa shape index (κ3) is 8.05. The predicted molar refractivity (Wildman–Crippen MR) is 125 cm³/mol. The first-order chi connectivity index (χ1) is 15.1. The highest BCUT2D eigenvalue weighted by molar-refractivity contribution is 5.80. The SMILES string of the molecule is CC(C)Oc1ccc(CNC(=O)CNc2ccc(OCCc3ccccc3)cc2)cc1. The van der Waals surface area contributed by atoms with Crippen molar-refractivity contribution >= 4 is 11.6 Å². The van der Waals surface area contributed by atoms with Gasteiger partial charge in [0.1, 0.15) is 11.5 Å². The Morgan fingerprint density at radius 3 is 2.19 bits per heavy atom. The third-order valence-electron chi connectivity index (χ3n) is 4.59. The molecule has 162 valence electrons. The van der Waals surface area contributed by atoms with Crippen LogP contribution in [0.15, 0.2) is 78.9 Å². The van der Waals surface area contributed by atoms with Crippen LogP contribution in [0.4, 0.5) is 5.69 Å². The van der Waals surface area contributed by atoms with Gasteiger partial charge in [0.2, 0.25) is 5.91 Å². The number of ether oxygens (including phenoxy) is 2. The Balaban J connectivity index is 1.35. The lowest BCUT2D eigenvalue weighted by Gasteiger charge is -2.11. The van der Waals surface area contributed by atoms with Crippen molar-refractivity contribution in [3.8, 4) is 11.5 Å². The number of carbonyl (C=O) groups is 1. The minimum Gasteiger partial charge on any atom is -0.493 e. The van der Waals surface area contributed by atoms with Crippen molar-refractivity contribution in [1.29, 1.82) is 0 Å². The maximum atomic E-state index is 12.1. The van der Waals surface area contributed by atoms with Gasteiger partial charge in [0.05, 0.1) is 19.3 Å². The molecule has 0 heterocycles. The van der Waals surface area contributed by atoms with E-state index in [0.29, 0.717) is 13.2 Å². The zero-order chi connectivity index (χ0) is 21.9. The summed E-state index contributed by atoms with van der Waals surface area (Å²) in [6.07, 6.45) is 1.01. The molecule has 0 saturated heterocycles. The number of benzene rings is 3. The Kier molecular flexibility index (Phi) is 8.35. The minimum absolute atomic E-state index is 0.0642.